The first kappa shape index (κ1) is 22.9. The van der Waals surface area contributed by atoms with E-state index in [1.807, 2.05) is 55.5 Å². The van der Waals surface area contributed by atoms with Crippen LogP contribution < -0.4 is 20.1 Å². The van der Waals surface area contributed by atoms with Crippen LogP contribution in [0.3, 0.4) is 0 Å². The van der Waals surface area contributed by atoms with Gasteiger partial charge in [-0.05, 0) is 85.3 Å². The summed E-state index contributed by atoms with van der Waals surface area (Å²) in [7, 11) is 0. The lowest BCUT2D eigenvalue weighted by atomic mass is 9.94. The van der Waals surface area contributed by atoms with Crippen LogP contribution >= 0.6 is 0 Å². The van der Waals surface area contributed by atoms with Gasteiger partial charge in [-0.3, -0.25) is 9.59 Å². The van der Waals surface area contributed by atoms with Crippen molar-refractivity contribution in [1.82, 2.24) is 5.32 Å². The van der Waals surface area contributed by atoms with Gasteiger partial charge in [0.05, 0.1) is 11.5 Å². The SMILES string of the molecule is Cc1ccc(NC(=O)C2(c3ccc4c(c3)OCO4)CC2)cc1-c1ccc(C(=O)NC[C@@H](C)O)cc1.[HH].[HH]. The Morgan fingerprint density at radius 1 is 1.03 bits per heavy atom. The number of benzene rings is 3. The molecule has 7 heteroatoms. The van der Waals surface area contributed by atoms with Gasteiger partial charge < -0.3 is 25.2 Å². The second-order valence-corrected chi connectivity index (χ2v) is 9.27. The Kier molecular flexibility index (Phi) is 5.94. The molecule has 184 valence electrons. The summed E-state index contributed by atoms with van der Waals surface area (Å²) in [4.78, 5) is 25.5. The fraction of sp³-hybridized carbons (Fsp3) is 0.286. The lowest BCUT2D eigenvalue weighted by Crippen LogP contribution is -2.30. The van der Waals surface area contributed by atoms with E-state index in [0.29, 0.717) is 17.1 Å². The van der Waals surface area contributed by atoms with Crippen molar-refractivity contribution in [3.05, 3.63) is 77.4 Å². The topological polar surface area (TPSA) is 96.9 Å². The molecule has 1 aliphatic carbocycles. The van der Waals surface area contributed by atoms with Gasteiger partial charge in [0, 0.05) is 20.6 Å². The molecule has 35 heavy (non-hydrogen) atoms. The average Bonchev–Trinajstić information content (AvgIpc) is 3.54. The highest BCUT2D eigenvalue weighted by molar-refractivity contribution is 6.02. The van der Waals surface area contributed by atoms with Gasteiger partial charge in [0.15, 0.2) is 11.5 Å². The molecule has 1 saturated carbocycles. The second kappa shape index (κ2) is 9.07. The lowest BCUT2D eigenvalue weighted by molar-refractivity contribution is -0.118. The molecule has 1 aliphatic heterocycles. The first-order valence-electron chi connectivity index (χ1n) is 11.7. The zero-order valence-corrected chi connectivity index (χ0v) is 19.8. The lowest BCUT2D eigenvalue weighted by Gasteiger charge is -2.17. The molecule has 1 fully saturated rings. The normalized spacial score (nSPS) is 15.9. The Balaban J connectivity index is 0.00000190. The Morgan fingerprint density at radius 2 is 1.77 bits per heavy atom. The number of rotatable bonds is 7. The molecule has 0 saturated heterocycles. The fourth-order valence-corrected chi connectivity index (χ4v) is 4.37. The molecule has 0 aromatic heterocycles. The van der Waals surface area contributed by atoms with Crippen LogP contribution in [0.2, 0.25) is 0 Å². The standard InChI is InChI=1S/C28H28N2O5.2H2/c1-17-3-9-22(14-23(17)19-4-6-20(7-5-19)26(32)29-15-18(2)31)30-27(33)28(11-12-28)21-8-10-24-25(13-21)35-16-34-24;;/h3-10,13-14,18,31H,11-12,15-16H2,1-2H3,(H,29,32)(H,30,33);2*1H/t18-;;/m1../s1. The second-order valence-electron chi connectivity index (χ2n) is 9.27. The van der Waals surface area contributed by atoms with Crippen molar-refractivity contribution in [2.24, 2.45) is 0 Å². The van der Waals surface area contributed by atoms with Crippen molar-refractivity contribution in [2.75, 3.05) is 18.7 Å². The summed E-state index contributed by atoms with van der Waals surface area (Å²) in [5, 5.41) is 15.2. The third-order valence-corrected chi connectivity index (χ3v) is 6.62. The third-order valence-electron chi connectivity index (χ3n) is 6.62. The molecule has 0 bridgehead atoms. The van der Waals surface area contributed by atoms with Gasteiger partial charge in [-0.25, -0.2) is 0 Å². The third kappa shape index (κ3) is 4.59. The molecule has 2 aliphatic rings. The first-order valence-corrected chi connectivity index (χ1v) is 11.7. The number of aryl methyl sites for hydroxylation is 1. The Morgan fingerprint density at radius 3 is 2.49 bits per heavy atom. The average molecular weight is 477 g/mol. The number of aliphatic hydroxyl groups is 1. The molecule has 1 heterocycles. The minimum absolute atomic E-state index is 0. The number of carbonyl (C=O) groups is 2. The number of aliphatic hydroxyl groups excluding tert-OH is 1. The molecule has 1 atom stereocenters. The molecule has 3 N–H and O–H groups in total. The van der Waals surface area contributed by atoms with Gasteiger partial charge in [0.25, 0.3) is 5.91 Å². The molecule has 5 rings (SSSR count). The number of anilines is 1. The predicted molar refractivity (Wildman–Crippen MR) is 137 cm³/mol. The van der Waals surface area contributed by atoms with Crippen molar-refractivity contribution >= 4 is 17.5 Å². The van der Waals surface area contributed by atoms with Crippen LogP contribution in [0.1, 0.15) is 44.1 Å². The van der Waals surface area contributed by atoms with Crippen LogP contribution in [0.25, 0.3) is 11.1 Å². The van der Waals surface area contributed by atoms with Crippen LogP contribution in [-0.4, -0.2) is 36.4 Å². The molecule has 0 unspecified atom stereocenters. The van der Waals surface area contributed by atoms with E-state index in [1.165, 1.54) is 0 Å². The van der Waals surface area contributed by atoms with E-state index in [9.17, 15) is 14.7 Å². The van der Waals surface area contributed by atoms with E-state index in [-0.39, 0.29) is 28.0 Å². The maximum atomic E-state index is 13.3. The molecular weight excluding hydrogens is 444 g/mol. The molecule has 2 amide bonds. The summed E-state index contributed by atoms with van der Waals surface area (Å²) in [6, 6.07) is 18.9. The molecule has 7 nitrogen and oxygen atoms in total. The number of nitrogens with one attached hydrogen (secondary N) is 2. The number of hydrogen-bond acceptors (Lipinski definition) is 5. The minimum atomic E-state index is -0.598. The zero-order valence-electron chi connectivity index (χ0n) is 19.8. The van der Waals surface area contributed by atoms with Gasteiger partial charge in [0.2, 0.25) is 12.7 Å². The van der Waals surface area contributed by atoms with Crippen LogP contribution in [0.4, 0.5) is 5.69 Å². The van der Waals surface area contributed by atoms with Crippen molar-refractivity contribution in [3.8, 4) is 22.6 Å². The van der Waals surface area contributed by atoms with E-state index in [4.69, 9.17) is 9.47 Å². The van der Waals surface area contributed by atoms with Crippen LogP contribution in [0.15, 0.2) is 60.7 Å². The summed E-state index contributed by atoms with van der Waals surface area (Å²) >= 11 is 0. The summed E-state index contributed by atoms with van der Waals surface area (Å²) < 4.78 is 10.9. The van der Waals surface area contributed by atoms with Crippen molar-refractivity contribution < 1.29 is 27.0 Å². The minimum Gasteiger partial charge on any atom is -0.454 e. The molecule has 3 aromatic rings. The smallest absolute Gasteiger partial charge is 0.251 e. The summed E-state index contributed by atoms with van der Waals surface area (Å²) in [6.07, 6.45) is 0.976. The largest absolute Gasteiger partial charge is 0.454 e. The molecule has 0 radical (unpaired) electrons. The van der Waals surface area contributed by atoms with Gasteiger partial charge in [0.1, 0.15) is 0 Å². The number of hydrogen-bond donors (Lipinski definition) is 3. The highest BCUT2D eigenvalue weighted by Crippen LogP contribution is 2.51. The van der Waals surface area contributed by atoms with E-state index in [2.05, 4.69) is 10.6 Å². The van der Waals surface area contributed by atoms with E-state index in [1.54, 1.807) is 19.1 Å². The Labute approximate surface area is 207 Å². The Bertz CT molecular complexity index is 1290. The highest BCUT2D eigenvalue weighted by Gasteiger charge is 2.51. The van der Waals surface area contributed by atoms with Crippen molar-refractivity contribution in [1.29, 1.82) is 0 Å². The van der Waals surface area contributed by atoms with Gasteiger partial charge in [-0.2, -0.15) is 0 Å². The van der Waals surface area contributed by atoms with E-state index >= 15 is 0 Å². The maximum absolute atomic E-state index is 13.3. The highest BCUT2D eigenvalue weighted by atomic mass is 16.7. The fourth-order valence-electron chi connectivity index (χ4n) is 4.37. The van der Waals surface area contributed by atoms with Crippen molar-refractivity contribution in [2.45, 2.75) is 38.2 Å². The summed E-state index contributed by atoms with van der Waals surface area (Å²) in [6.45, 7) is 4.05. The van der Waals surface area contributed by atoms with E-state index < -0.39 is 11.5 Å². The van der Waals surface area contributed by atoms with Crippen molar-refractivity contribution in [3.63, 3.8) is 0 Å². The number of amides is 2. The zero-order chi connectivity index (χ0) is 24.6. The quantitative estimate of drug-likeness (QED) is 0.461. The van der Waals surface area contributed by atoms with Crippen LogP contribution in [0, 0.1) is 6.92 Å². The first-order chi connectivity index (χ1) is 16.9. The van der Waals surface area contributed by atoms with Gasteiger partial charge in [-0.15, -0.1) is 0 Å². The maximum Gasteiger partial charge on any atom is 0.251 e. The molecule has 3 aromatic carbocycles. The van der Waals surface area contributed by atoms with E-state index in [0.717, 1.165) is 40.8 Å². The summed E-state index contributed by atoms with van der Waals surface area (Å²) in [5.41, 5.74) is 4.63. The number of fused-ring (bicyclic) bond motifs is 1. The van der Waals surface area contributed by atoms with Crippen LogP contribution in [0.5, 0.6) is 11.5 Å². The Hall–Kier alpha value is -3.84. The monoisotopic (exact) mass is 476 g/mol. The van der Waals surface area contributed by atoms with Gasteiger partial charge in [-0.1, -0.05) is 24.3 Å². The predicted octanol–water partition coefficient (Wildman–Crippen LogP) is 4.66. The molecular formula is C28H32N2O5. The number of carbonyl (C=O) groups excluding carboxylic acids is 2. The summed E-state index contributed by atoms with van der Waals surface area (Å²) in [5.74, 6) is 1.13. The molecule has 0 spiro atoms. The van der Waals surface area contributed by atoms with Crippen LogP contribution in [-0.2, 0) is 10.2 Å². The van der Waals surface area contributed by atoms with Gasteiger partial charge >= 0.3 is 0 Å². The number of ether oxygens (including phenoxy) is 2.